The van der Waals surface area contributed by atoms with Crippen LogP contribution in [0.1, 0.15) is 45.1 Å². The fourth-order valence-electron chi connectivity index (χ4n) is 1.94. The van der Waals surface area contributed by atoms with Crippen LogP contribution in [0.3, 0.4) is 0 Å². The van der Waals surface area contributed by atoms with Gasteiger partial charge in [-0.05, 0) is 11.8 Å². The van der Waals surface area contributed by atoms with Crippen LogP contribution in [0.4, 0.5) is 0 Å². The van der Waals surface area contributed by atoms with Crippen molar-refractivity contribution in [1.82, 2.24) is 24.3 Å². The Kier molecular flexibility index (Phi) is 4.32. The van der Waals surface area contributed by atoms with E-state index in [1.54, 1.807) is 17.0 Å². The third-order valence-corrected chi connectivity index (χ3v) is 3.04. The van der Waals surface area contributed by atoms with Gasteiger partial charge in [-0.2, -0.15) is 5.10 Å². The van der Waals surface area contributed by atoms with Crippen LogP contribution in [-0.4, -0.2) is 24.3 Å². The maximum atomic E-state index is 12.1. The topological polar surface area (TPSA) is 65.6 Å². The summed E-state index contributed by atoms with van der Waals surface area (Å²) in [5, 5.41) is 4.20. The molecule has 0 aliphatic carbocycles. The van der Waals surface area contributed by atoms with E-state index in [9.17, 15) is 4.79 Å². The molecule has 108 valence electrons. The van der Waals surface area contributed by atoms with E-state index in [1.807, 2.05) is 18.5 Å². The summed E-state index contributed by atoms with van der Waals surface area (Å²) in [6, 6.07) is 1.59. The molecular weight excluding hydrogens is 254 g/mol. The molecule has 0 N–H and O–H groups in total. The maximum Gasteiger partial charge on any atom is 0.253 e. The van der Waals surface area contributed by atoms with Crippen molar-refractivity contribution >= 4 is 0 Å². The van der Waals surface area contributed by atoms with E-state index in [0.717, 1.165) is 18.1 Å². The third kappa shape index (κ3) is 3.31. The Hall–Kier alpha value is -1.98. The molecule has 0 amide bonds. The second kappa shape index (κ2) is 5.98. The monoisotopic (exact) mass is 275 g/mol. The van der Waals surface area contributed by atoms with Gasteiger partial charge in [0.15, 0.2) is 0 Å². The highest BCUT2D eigenvalue weighted by atomic mass is 16.1. The SMILES string of the molecule is CC(C)Cn1ncnc1Cn1cnc(C(C)C)cc1=O. The first-order chi connectivity index (χ1) is 9.47. The molecule has 2 aromatic heterocycles. The van der Waals surface area contributed by atoms with Crippen molar-refractivity contribution in [1.29, 1.82) is 0 Å². The molecule has 0 fully saturated rings. The van der Waals surface area contributed by atoms with Gasteiger partial charge in [-0.3, -0.25) is 9.36 Å². The number of rotatable bonds is 5. The minimum atomic E-state index is -0.0530. The first kappa shape index (κ1) is 14.4. The van der Waals surface area contributed by atoms with E-state index < -0.39 is 0 Å². The Morgan fingerprint density at radius 3 is 2.55 bits per heavy atom. The van der Waals surface area contributed by atoms with Crippen LogP contribution < -0.4 is 5.56 Å². The van der Waals surface area contributed by atoms with E-state index >= 15 is 0 Å². The lowest BCUT2D eigenvalue weighted by Gasteiger charge is -2.10. The molecule has 0 atom stereocenters. The smallest absolute Gasteiger partial charge is 0.253 e. The predicted molar refractivity (Wildman–Crippen MR) is 76.5 cm³/mol. The fraction of sp³-hybridized carbons (Fsp3) is 0.571. The second-order valence-electron chi connectivity index (χ2n) is 5.69. The fourth-order valence-corrected chi connectivity index (χ4v) is 1.94. The van der Waals surface area contributed by atoms with Gasteiger partial charge in [-0.1, -0.05) is 27.7 Å². The second-order valence-corrected chi connectivity index (χ2v) is 5.69. The summed E-state index contributed by atoms with van der Waals surface area (Å²) in [6.45, 7) is 9.47. The van der Waals surface area contributed by atoms with Gasteiger partial charge in [-0.25, -0.2) is 14.6 Å². The summed E-state index contributed by atoms with van der Waals surface area (Å²) in [6.07, 6.45) is 3.12. The number of hydrogen-bond donors (Lipinski definition) is 0. The van der Waals surface area contributed by atoms with Gasteiger partial charge >= 0.3 is 0 Å². The molecule has 0 saturated heterocycles. The minimum absolute atomic E-state index is 0.0530. The molecule has 0 radical (unpaired) electrons. The van der Waals surface area contributed by atoms with Crippen molar-refractivity contribution in [3.05, 3.63) is 40.6 Å². The van der Waals surface area contributed by atoms with Crippen molar-refractivity contribution in [3.63, 3.8) is 0 Å². The molecule has 0 spiro atoms. The molecule has 0 aliphatic heterocycles. The lowest BCUT2D eigenvalue weighted by atomic mass is 10.1. The normalized spacial score (nSPS) is 11.5. The largest absolute Gasteiger partial charge is 0.292 e. The van der Waals surface area contributed by atoms with Gasteiger partial charge in [0.25, 0.3) is 5.56 Å². The summed E-state index contributed by atoms with van der Waals surface area (Å²) in [4.78, 5) is 20.6. The van der Waals surface area contributed by atoms with Gasteiger partial charge in [0, 0.05) is 12.6 Å². The molecule has 6 nitrogen and oxygen atoms in total. The molecule has 2 rings (SSSR count). The predicted octanol–water partition coefficient (Wildman–Crippen LogP) is 1.66. The average molecular weight is 275 g/mol. The van der Waals surface area contributed by atoms with Crippen LogP contribution >= 0.6 is 0 Å². The van der Waals surface area contributed by atoms with Gasteiger partial charge < -0.3 is 0 Å². The average Bonchev–Trinajstić information content (AvgIpc) is 2.78. The molecule has 2 aromatic rings. The molecule has 2 heterocycles. The van der Waals surface area contributed by atoms with Crippen LogP contribution in [0.15, 0.2) is 23.5 Å². The van der Waals surface area contributed by atoms with Gasteiger partial charge in [0.2, 0.25) is 0 Å². The summed E-state index contributed by atoms with van der Waals surface area (Å²) in [5.74, 6) is 1.51. The Morgan fingerprint density at radius 1 is 1.20 bits per heavy atom. The molecule has 0 saturated carbocycles. The van der Waals surface area contributed by atoms with E-state index in [2.05, 4.69) is 28.9 Å². The van der Waals surface area contributed by atoms with Crippen LogP contribution in [-0.2, 0) is 13.1 Å². The van der Waals surface area contributed by atoms with E-state index in [4.69, 9.17) is 0 Å². The zero-order valence-electron chi connectivity index (χ0n) is 12.4. The first-order valence-electron chi connectivity index (χ1n) is 6.90. The van der Waals surface area contributed by atoms with Crippen LogP contribution in [0.5, 0.6) is 0 Å². The summed E-state index contributed by atoms with van der Waals surface area (Å²) < 4.78 is 3.40. The standard InChI is InChI=1S/C14H21N5O/c1-10(2)6-19-13(15-8-17-19)7-18-9-16-12(11(3)4)5-14(18)20/h5,8-11H,6-7H2,1-4H3. The molecular formula is C14H21N5O. The van der Waals surface area contributed by atoms with Crippen LogP contribution in [0.25, 0.3) is 0 Å². The van der Waals surface area contributed by atoms with E-state index in [1.165, 1.54) is 6.33 Å². The molecule has 0 bridgehead atoms. The number of aromatic nitrogens is 5. The third-order valence-electron chi connectivity index (χ3n) is 3.04. The Labute approximate surface area is 118 Å². The van der Waals surface area contributed by atoms with Gasteiger partial charge in [0.05, 0.1) is 18.6 Å². The minimum Gasteiger partial charge on any atom is -0.292 e. The molecule has 0 aliphatic rings. The van der Waals surface area contributed by atoms with Crippen LogP contribution in [0.2, 0.25) is 0 Å². The van der Waals surface area contributed by atoms with Crippen molar-refractivity contribution < 1.29 is 0 Å². The van der Waals surface area contributed by atoms with Gasteiger partial charge in [0.1, 0.15) is 12.2 Å². The summed E-state index contributed by atoms with van der Waals surface area (Å²) in [7, 11) is 0. The highest BCUT2D eigenvalue weighted by molar-refractivity contribution is 5.05. The number of nitrogens with zero attached hydrogens (tertiary/aromatic N) is 5. The van der Waals surface area contributed by atoms with E-state index in [-0.39, 0.29) is 11.5 Å². The molecule has 0 unspecified atom stereocenters. The highest BCUT2D eigenvalue weighted by Gasteiger charge is 2.09. The molecule has 0 aromatic carbocycles. The quantitative estimate of drug-likeness (QED) is 0.832. The number of hydrogen-bond acceptors (Lipinski definition) is 4. The van der Waals surface area contributed by atoms with Gasteiger partial charge in [-0.15, -0.1) is 0 Å². The zero-order valence-corrected chi connectivity index (χ0v) is 12.4. The van der Waals surface area contributed by atoms with Crippen molar-refractivity contribution in [2.75, 3.05) is 0 Å². The zero-order chi connectivity index (χ0) is 14.7. The Morgan fingerprint density at radius 2 is 1.95 bits per heavy atom. The summed E-state index contributed by atoms with van der Waals surface area (Å²) in [5.41, 5.74) is 0.762. The molecule has 6 heteroatoms. The Bertz CT molecular complexity index is 626. The highest BCUT2D eigenvalue weighted by Crippen LogP contribution is 2.08. The van der Waals surface area contributed by atoms with Crippen molar-refractivity contribution in [2.45, 2.75) is 46.7 Å². The van der Waals surface area contributed by atoms with Crippen LogP contribution in [0, 0.1) is 5.92 Å². The van der Waals surface area contributed by atoms with E-state index in [0.29, 0.717) is 12.5 Å². The summed E-state index contributed by atoms with van der Waals surface area (Å²) >= 11 is 0. The lowest BCUT2D eigenvalue weighted by molar-refractivity contribution is 0.459. The lowest BCUT2D eigenvalue weighted by Crippen LogP contribution is -2.24. The van der Waals surface area contributed by atoms with Crippen molar-refractivity contribution in [2.24, 2.45) is 5.92 Å². The maximum absolute atomic E-state index is 12.1. The first-order valence-corrected chi connectivity index (χ1v) is 6.90. The van der Waals surface area contributed by atoms with Crippen molar-refractivity contribution in [3.8, 4) is 0 Å². The Balaban J connectivity index is 2.22. The molecule has 20 heavy (non-hydrogen) atoms.